The molecule has 0 saturated heterocycles. The van der Waals surface area contributed by atoms with Gasteiger partial charge in [0.1, 0.15) is 28.5 Å². The van der Waals surface area contributed by atoms with Crippen molar-refractivity contribution in [1.82, 2.24) is 24.5 Å². The zero-order valence-electron chi connectivity index (χ0n) is 24.2. The molecule has 0 radical (unpaired) electrons. The minimum Gasteiger partial charge on any atom is -0.443 e. The van der Waals surface area contributed by atoms with Crippen LogP contribution < -0.4 is 21.1 Å². The monoisotopic (exact) mass is 553 g/mol. The minimum atomic E-state index is -1.03. The van der Waals surface area contributed by atoms with E-state index in [1.165, 1.54) is 22.7 Å². The second kappa shape index (κ2) is 10.9. The van der Waals surface area contributed by atoms with Crippen molar-refractivity contribution >= 4 is 35.0 Å². The molecule has 4 rings (SSSR count). The molecule has 1 aliphatic rings. The zero-order valence-corrected chi connectivity index (χ0v) is 24.2. The van der Waals surface area contributed by atoms with Gasteiger partial charge < -0.3 is 25.0 Å². The number of fused-ring (bicyclic) bond motifs is 1. The van der Waals surface area contributed by atoms with Crippen molar-refractivity contribution in [2.45, 2.75) is 90.5 Å². The lowest BCUT2D eigenvalue weighted by Gasteiger charge is -2.37. The van der Waals surface area contributed by atoms with Crippen molar-refractivity contribution in [2.75, 3.05) is 17.3 Å². The molecule has 12 heteroatoms. The topological polar surface area (TPSA) is 143 Å². The van der Waals surface area contributed by atoms with Crippen LogP contribution in [0, 0.1) is 0 Å². The number of pyridine rings is 1. The molecule has 1 fully saturated rings. The molecular formula is C28H39N7O5. The van der Waals surface area contributed by atoms with E-state index in [9.17, 15) is 19.5 Å². The fourth-order valence-electron chi connectivity index (χ4n) is 4.76. The number of nitrogens with zero attached hydrogens (tertiary/aromatic N) is 5. The highest BCUT2D eigenvalue weighted by molar-refractivity contribution is 6.00. The fraction of sp³-hybridized carbons (Fsp3) is 0.536. The predicted molar refractivity (Wildman–Crippen MR) is 152 cm³/mol. The summed E-state index contributed by atoms with van der Waals surface area (Å²) in [6.45, 7) is 10.8. The summed E-state index contributed by atoms with van der Waals surface area (Å²) in [4.78, 5) is 45.3. The van der Waals surface area contributed by atoms with Crippen molar-refractivity contribution < 1.29 is 19.4 Å². The SMILES string of the molecule is CC(C)n1cccc(Nc2cc(N(C)C(=O)OC(C)(C)C)n3ncc(C(=O)NC4CCCC[C@]4(C)O)c3n2)c1=O. The lowest BCUT2D eigenvalue weighted by molar-refractivity contribution is -0.00860. The van der Waals surface area contributed by atoms with Crippen LogP contribution in [0.4, 0.5) is 22.1 Å². The largest absolute Gasteiger partial charge is 0.443 e. The Morgan fingerprint density at radius 1 is 1.27 bits per heavy atom. The Morgan fingerprint density at radius 3 is 2.65 bits per heavy atom. The number of anilines is 3. The molecule has 12 nitrogen and oxygen atoms in total. The summed E-state index contributed by atoms with van der Waals surface area (Å²) < 4.78 is 8.51. The highest BCUT2D eigenvalue weighted by atomic mass is 16.6. The minimum absolute atomic E-state index is 0.0549. The van der Waals surface area contributed by atoms with Crippen molar-refractivity contribution in [3.8, 4) is 0 Å². The highest BCUT2D eigenvalue weighted by Crippen LogP contribution is 2.29. The zero-order chi connectivity index (χ0) is 29.4. The molecule has 3 N–H and O–H groups in total. The summed E-state index contributed by atoms with van der Waals surface area (Å²) in [5, 5.41) is 21.2. The molecule has 3 heterocycles. The summed E-state index contributed by atoms with van der Waals surface area (Å²) in [5.74, 6) is 0.0564. The summed E-state index contributed by atoms with van der Waals surface area (Å²) >= 11 is 0. The lowest BCUT2D eigenvalue weighted by atomic mass is 9.81. The summed E-state index contributed by atoms with van der Waals surface area (Å²) in [5.41, 5.74) is -1.39. The molecule has 40 heavy (non-hydrogen) atoms. The van der Waals surface area contributed by atoms with Crippen LogP contribution in [0.2, 0.25) is 0 Å². The van der Waals surface area contributed by atoms with Gasteiger partial charge in [-0.1, -0.05) is 12.8 Å². The second-order valence-electron chi connectivity index (χ2n) is 11.8. The van der Waals surface area contributed by atoms with E-state index in [2.05, 4.69) is 20.7 Å². The van der Waals surface area contributed by atoms with Gasteiger partial charge in [0.05, 0.1) is 17.8 Å². The summed E-state index contributed by atoms with van der Waals surface area (Å²) in [6, 6.07) is 4.47. The van der Waals surface area contributed by atoms with Gasteiger partial charge in [-0.25, -0.2) is 9.78 Å². The third-order valence-corrected chi connectivity index (χ3v) is 6.98. The first-order valence-corrected chi connectivity index (χ1v) is 13.5. The first-order valence-electron chi connectivity index (χ1n) is 13.5. The molecule has 1 aliphatic carbocycles. The predicted octanol–water partition coefficient (Wildman–Crippen LogP) is 4.01. The number of ether oxygens (including phenoxy) is 1. The highest BCUT2D eigenvalue weighted by Gasteiger charge is 2.36. The third-order valence-electron chi connectivity index (χ3n) is 6.98. The molecule has 0 aromatic carbocycles. The van der Waals surface area contributed by atoms with E-state index in [1.54, 1.807) is 56.7 Å². The Balaban J connectivity index is 1.78. The maximum absolute atomic E-state index is 13.4. The molecule has 0 aliphatic heterocycles. The van der Waals surface area contributed by atoms with Gasteiger partial charge in [-0.3, -0.25) is 14.5 Å². The number of hydrogen-bond acceptors (Lipinski definition) is 8. The van der Waals surface area contributed by atoms with Gasteiger partial charge in [0.2, 0.25) is 0 Å². The molecule has 1 unspecified atom stereocenters. The number of carbonyl (C=O) groups excluding carboxylic acids is 2. The van der Waals surface area contributed by atoms with Crippen LogP contribution >= 0.6 is 0 Å². The van der Waals surface area contributed by atoms with E-state index in [4.69, 9.17) is 4.74 Å². The molecule has 3 aromatic heterocycles. The van der Waals surface area contributed by atoms with Crippen molar-refractivity contribution in [2.24, 2.45) is 0 Å². The number of amides is 2. The maximum Gasteiger partial charge on any atom is 0.415 e. The van der Waals surface area contributed by atoms with Crippen LogP contribution in [0.25, 0.3) is 5.65 Å². The van der Waals surface area contributed by atoms with E-state index in [-0.39, 0.29) is 40.1 Å². The van der Waals surface area contributed by atoms with Gasteiger partial charge in [-0.15, -0.1) is 0 Å². The smallest absolute Gasteiger partial charge is 0.415 e. The first-order chi connectivity index (χ1) is 18.7. The Kier molecular flexibility index (Phi) is 7.93. The van der Waals surface area contributed by atoms with E-state index < -0.39 is 29.2 Å². The Hall–Kier alpha value is -3.93. The molecule has 1 saturated carbocycles. The van der Waals surface area contributed by atoms with Gasteiger partial charge in [-0.2, -0.15) is 9.61 Å². The average molecular weight is 554 g/mol. The molecule has 216 valence electrons. The molecular weight excluding hydrogens is 514 g/mol. The standard InChI is InChI=1S/C28H39N7O5/c1-17(2)34-14-10-11-19(25(34)37)30-21-15-22(33(7)26(38)40-27(3,4)5)35-23(32-21)18(16-29-35)24(36)31-20-12-8-9-13-28(20,6)39/h10-11,14-17,20,39H,8-9,12-13H2,1-7H3,(H,30,32)(H,31,36)/t20?,28-/m0/s1. The van der Waals surface area contributed by atoms with E-state index in [0.29, 0.717) is 12.8 Å². The number of carbonyl (C=O) groups is 2. The first kappa shape index (κ1) is 29.1. The lowest BCUT2D eigenvalue weighted by Crippen LogP contribution is -2.52. The third kappa shape index (κ3) is 6.11. The molecule has 2 atom stereocenters. The fourth-order valence-corrected chi connectivity index (χ4v) is 4.76. The van der Waals surface area contributed by atoms with E-state index in [0.717, 1.165) is 12.8 Å². The Bertz CT molecular complexity index is 1470. The summed E-state index contributed by atoms with van der Waals surface area (Å²) in [6.07, 6.45) is 5.49. The van der Waals surface area contributed by atoms with Crippen LogP contribution in [0.5, 0.6) is 0 Å². The van der Waals surface area contributed by atoms with Gasteiger partial charge in [0, 0.05) is 25.4 Å². The summed E-state index contributed by atoms with van der Waals surface area (Å²) in [7, 11) is 1.53. The van der Waals surface area contributed by atoms with Crippen molar-refractivity contribution in [1.29, 1.82) is 0 Å². The molecule has 0 spiro atoms. The van der Waals surface area contributed by atoms with Crippen LogP contribution in [0.15, 0.2) is 35.4 Å². The van der Waals surface area contributed by atoms with Crippen molar-refractivity contribution in [3.05, 3.63) is 46.5 Å². The van der Waals surface area contributed by atoms with Gasteiger partial charge in [-0.05, 0) is 66.5 Å². The van der Waals surface area contributed by atoms with Gasteiger partial charge >= 0.3 is 6.09 Å². The quantitative estimate of drug-likeness (QED) is 0.416. The number of hydrogen-bond donors (Lipinski definition) is 3. The molecule has 0 bridgehead atoms. The van der Waals surface area contributed by atoms with Crippen LogP contribution in [0.1, 0.15) is 83.6 Å². The molecule has 3 aromatic rings. The van der Waals surface area contributed by atoms with Crippen molar-refractivity contribution in [3.63, 3.8) is 0 Å². The van der Waals surface area contributed by atoms with Crippen LogP contribution in [-0.4, -0.2) is 60.6 Å². The van der Waals surface area contributed by atoms with E-state index >= 15 is 0 Å². The van der Waals surface area contributed by atoms with E-state index in [1.807, 2.05) is 13.8 Å². The van der Waals surface area contributed by atoms with Gasteiger partial charge in [0.25, 0.3) is 11.5 Å². The number of nitrogens with one attached hydrogen (secondary N) is 2. The maximum atomic E-state index is 13.4. The van der Waals surface area contributed by atoms with Crippen LogP contribution in [0.3, 0.4) is 0 Å². The average Bonchev–Trinajstić information content (AvgIpc) is 3.28. The number of rotatable bonds is 6. The Labute approximate surface area is 233 Å². The van der Waals surface area contributed by atoms with Crippen LogP contribution in [-0.2, 0) is 4.74 Å². The number of aromatic nitrogens is 4. The van der Waals surface area contributed by atoms with Gasteiger partial charge in [0.15, 0.2) is 5.65 Å². The number of aliphatic hydroxyl groups is 1. The Morgan fingerprint density at radius 2 is 2.00 bits per heavy atom. The second-order valence-corrected chi connectivity index (χ2v) is 11.8. The molecule has 2 amide bonds. The normalized spacial score (nSPS) is 19.5.